The van der Waals surface area contributed by atoms with E-state index in [1.54, 1.807) is 0 Å². The molecule has 0 aromatic carbocycles. The second-order valence-corrected chi connectivity index (χ2v) is 12.6. The van der Waals surface area contributed by atoms with Crippen molar-refractivity contribution in [3.8, 4) is 0 Å². The van der Waals surface area contributed by atoms with Crippen LogP contribution in [0.1, 0.15) is 105 Å². The lowest BCUT2D eigenvalue weighted by molar-refractivity contribution is -0.164. The van der Waals surface area contributed by atoms with Crippen LogP contribution in [0.4, 0.5) is 0 Å². The first-order chi connectivity index (χ1) is 14.2. The molecule has 4 saturated carbocycles. The Morgan fingerprint density at radius 3 is 2.37 bits per heavy atom. The lowest BCUT2D eigenvalue weighted by Crippen LogP contribution is -2.57. The molecule has 4 nitrogen and oxygen atoms in total. The Hall–Kier alpha value is -0.130. The molecule has 4 aliphatic rings. The smallest absolute Gasteiger partial charge is 0.264 e. The summed E-state index contributed by atoms with van der Waals surface area (Å²) in [6.45, 7) is 8.89. The number of fused-ring (bicyclic) bond motifs is 5. The molecule has 0 spiro atoms. The van der Waals surface area contributed by atoms with Crippen LogP contribution in [0.25, 0.3) is 0 Å². The summed E-state index contributed by atoms with van der Waals surface area (Å²) in [6.07, 6.45) is 13.8. The standard InChI is InChI=1S/C23H40O4S.C2H6/c1-22-13-5-3-7-16(22)9-11-18-19-12-10-17(8-4-6-14-28(25,26)27)23(19,2)21(24)15-20(18)22;1-2/h16-21,24H,3-15H2,1-2H3,(H,25,26,27);1-2H3. The molecule has 0 aliphatic heterocycles. The lowest BCUT2D eigenvalue weighted by Gasteiger charge is -2.62. The topological polar surface area (TPSA) is 74.6 Å². The third kappa shape index (κ3) is 4.37. The minimum Gasteiger partial charge on any atom is -0.393 e. The highest BCUT2D eigenvalue weighted by Gasteiger charge is 2.62. The Kier molecular flexibility index (Phi) is 7.67. The zero-order valence-electron chi connectivity index (χ0n) is 19.8. The summed E-state index contributed by atoms with van der Waals surface area (Å²) in [7, 11) is -3.85. The zero-order valence-corrected chi connectivity index (χ0v) is 20.6. The van der Waals surface area contributed by atoms with Crippen molar-refractivity contribution in [1.29, 1.82) is 0 Å². The van der Waals surface area contributed by atoms with E-state index in [0.29, 0.717) is 29.6 Å². The molecule has 4 rings (SSSR count). The van der Waals surface area contributed by atoms with E-state index in [0.717, 1.165) is 31.1 Å². The number of aliphatic hydroxyl groups excluding tert-OH is 1. The van der Waals surface area contributed by atoms with Crippen LogP contribution in [-0.4, -0.2) is 29.9 Å². The van der Waals surface area contributed by atoms with Gasteiger partial charge >= 0.3 is 0 Å². The second kappa shape index (κ2) is 9.39. The van der Waals surface area contributed by atoms with Gasteiger partial charge in [-0.05, 0) is 98.2 Å². The first kappa shape index (κ1) is 24.5. The van der Waals surface area contributed by atoms with Gasteiger partial charge in [-0.15, -0.1) is 0 Å². The Bertz CT molecular complexity index is 677. The fourth-order valence-corrected chi connectivity index (χ4v) is 9.10. The van der Waals surface area contributed by atoms with Crippen LogP contribution in [0, 0.1) is 40.4 Å². The Labute approximate surface area is 185 Å². The van der Waals surface area contributed by atoms with Gasteiger partial charge in [0.2, 0.25) is 0 Å². The number of hydrogen-bond donors (Lipinski definition) is 2. The minimum atomic E-state index is -3.85. The molecule has 0 radical (unpaired) electrons. The summed E-state index contributed by atoms with van der Waals surface area (Å²) in [4.78, 5) is 0. The molecule has 0 aromatic heterocycles. The maximum Gasteiger partial charge on any atom is 0.264 e. The van der Waals surface area contributed by atoms with Crippen molar-refractivity contribution in [2.45, 2.75) is 111 Å². The van der Waals surface area contributed by atoms with Gasteiger partial charge in [0.15, 0.2) is 0 Å². The number of rotatable bonds is 5. The fourth-order valence-electron chi connectivity index (χ4n) is 8.53. The van der Waals surface area contributed by atoms with Crippen molar-refractivity contribution in [3.05, 3.63) is 0 Å². The highest BCUT2D eigenvalue weighted by Crippen LogP contribution is 2.67. The van der Waals surface area contributed by atoms with Gasteiger partial charge in [0.25, 0.3) is 10.1 Å². The van der Waals surface area contributed by atoms with Crippen LogP contribution in [0.3, 0.4) is 0 Å². The third-order valence-corrected chi connectivity index (χ3v) is 10.9. The van der Waals surface area contributed by atoms with Crippen LogP contribution in [0.15, 0.2) is 0 Å². The van der Waals surface area contributed by atoms with Gasteiger partial charge in [0.05, 0.1) is 11.9 Å². The average molecular weight is 443 g/mol. The first-order valence-corrected chi connectivity index (χ1v) is 14.4. The monoisotopic (exact) mass is 442 g/mol. The van der Waals surface area contributed by atoms with Crippen molar-refractivity contribution in [2.75, 3.05) is 5.75 Å². The average Bonchev–Trinajstić information content (AvgIpc) is 3.04. The molecule has 4 aliphatic carbocycles. The van der Waals surface area contributed by atoms with Gasteiger partial charge in [0.1, 0.15) is 0 Å². The molecule has 0 saturated heterocycles. The van der Waals surface area contributed by atoms with E-state index >= 15 is 0 Å². The van der Waals surface area contributed by atoms with Crippen LogP contribution >= 0.6 is 0 Å². The molecule has 0 aromatic rings. The largest absolute Gasteiger partial charge is 0.393 e. The maximum atomic E-state index is 11.4. The molecule has 2 N–H and O–H groups in total. The van der Waals surface area contributed by atoms with E-state index in [1.165, 1.54) is 51.4 Å². The highest BCUT2D eigenvalue weighted by atomic mass is 32.2. The maximum absolute atomic E-state index is 11.4. The molecular weight excluding hydrogens is 396 g/mol. The number of unbranched alkanes of at least 4 members (excludes halogenated alkanes) is 1. The minimum absolute atomic E-state index is 0.00286. The molecule has 8 unspecified atom stereocenters. The number of hydrogen-bond acceptors (Lipinski definition) is 3. The van der Waals surface area contributed by atoms with Gasteiger partial charge in [-0.2, -0.15) is 8.42 Å². The fraction of sp³-hybridized carbons (Fsp3) is 1.00. The van der Waals surface area contributed by atoms with E-state index in [4.69, 9.17) is 4.55 Å². The van der Waals surface area contributed by atoms with Gasteiger partial charge in [0, 0.05) is 0 Å². The summed E-state index contributed by atoms with van der Waals surface area (Å²) in [5, 5.41) is 11.4. The second-order valence-electron chi connectivity index (χ2n) is 11.1. The molecule has 4 fully saturated rings. The van der Waals surface area contributed by atoms with E-state index < -0.39 is 10.1 Å². The third-order valence-electron chi connectivity index (χ3n) is 10.1. The SMILES string of the molecule is CC.CC12CCCCC1CCC1C2CC(O)C2(C)C(CCCCS(=O)(=O)O)CCC12. The summed E-state index contributed by atoms with van der Waals surface area (Å²) in [5.74, 6) is 3.33. The van der Waals surface area contributed by atoms with Crippen LogP contribution < -0.4 is 0 Å². The molecule has 30 heavy (non-hydrogen) atoms. The Morgan fingerprint density at radius 2 is 1.67 bits per heavy atom. The van der Waals surface area contributed by atoms with E-state index in [-0.39, 0.29) is 17.3 Å². The predicted molar refractivity (Wildman–Crippen MR) is 123 cm³/mol. The molecule has 8 atom stereocenters. The highest BCUT2D eigenvalue weighted by molar-refractivity contribution is 7.85. The van der Waals surface area contributed by atoms with Gasteiger partial charge in [-0.1, -0.05) is 47.0 Å². The van der Waals surface area contributed by atoms with Crippen molar-refractivity contribution >= 4 is 10.1 Å². The van der Waals surface area contributed by atoms with Crippen LogP contribution in [0.5, 0.6) is 0 Å². The predicted octanol–water partition coefficient (Wildman–Crippen LogP) is 6.09. The quantitative estimate of drug-likeness (QED) is 0.399. The summed E-state index contributed by atoms with van der Waals surface area (Å²) >= 11 is 0. The summed E-state index contributed by atoms with van der Waals surface area (Å²) in [5.41, 5.74) is 0.439. The summed E-state index contributed by atoms with van der Waals surface area (Å²) < 4.78 is 30.9. The van der Waals surface area contributed by atoms with Crippen molar-refractivity contribution < 1.29 is 18.1 Å². The van der Waals surface area contributed by atoms with Crippen molar-refractivity contribution in [3.63, 3.8) is 0 Å². The van der Waals surface area contributed by atoms with E-state index in [2.05, 4.69) is 13.8 Å². The van der Waals surface area contributed by atoms with Crippen molar-refractivity contribution in [2.24, 2.45) is 40.4 Å². The van der Waals surface area contributed by atoms with Gasteiger partial charge in [-0.3, -0.25) is 4.55 Å². The molecule has 5 heteroatoms. The summed E-state index contributed by atoms with van der Waals surface area (Å²) in [6, 6.07) is 0. The van der Waals surface area contributed by atoms with E-state index in [9.17, 15) is 13.5 Å². The molecular formula is C25H46O4S. The van der Waals surface area contributed by atoms with E-state index in [1.807, 2.05) is 13.8 Å². The number of aliphatic hydroxyl groups is 1. The van der Waals surface area contributed by atoms with Gasteiger partial charge in [-0.25, -0.2) is 0 Å². The molecule has 0 bridgehead atoms. The lowest BCUT2D eigenvalue weighted by atomic mass is 9.44. The van der Waals surface area contributed by atoms with Crippen LogP contribution in [-0.2, 0) is 10.1 Å². The van der Waals surface area contributed by atoms with Crippen molar-refractivity contribution in [1.82, 2.24) is 0 Å². The zero-order chi connectivity index (χ0) is 22.2. The van der Waals surface area contributed by atoms with Crippen LogP contribution in [0.2, 0.25) is 0 Å². The Balaban J connectivity index is 0.00000124. The molecule has 0 heterocycles. The van der Waals surface area contributed by atoms with Gasteiger partial charge < -0.3 is 5.11 Å². The first-order valence-electron chi connectivity index (χ1n) is 12.8. The molecule has 176 valence electrons. The Morgan fingerprint density at radius 1 is 0.933 bits per heavy atom. The molecule has 0 amide bonds. The normalized spacial score (nSPS) is 45.5.